The predicted octanol–water partition coefficient (Wildman–Crippen LogP) is 7.75. The molecule has 0 bridgehead atoms. The summed E-state index contributed by atoms with van der Waals surface area (Å²) in [5.41, 5.74) is 4.07. The van der Waals surface area contributed by atoms with E-state index in [1.807, 2.05) is 61.5 Å². The number of imide groups is 1. The molecule has 0 saturated carbocycles. The second-order valence-electron chi connectivity index (χ2n) is 9.91. The SMILES string of the molecule is Cc1cccc(CN2C(=O)S/C(=C\c3ccc(Br)cc3OCCOc3ccc(C(C)(C)C)cc3)C2=O)c1. The third kappa shape index (κ3) is 7.05. The van der Waals surface area contributed by atoms with Gasteiger partial charge in [-0.1, -0.05) is 84.7 Å². The minimum absolute atomic E-state index is 0.0917. The minimum atomic E-state index is -0.299. The highest BCUT2D eigenvalue weighted by Crippen LogP contribution is 2.35. The van der Waals surface area contributed by atoms with Crippen LogP contribution in [0.2, 0.25) is 0 Å². The van der Waals surface area contributed by atoms with Gasteiger partial charge in [-0.3, -0.25) is 14.5 Å². The van der Waals surface area contributed by atoms with E-state index < -0.39 is 0 Å². The van der Waals surface area contributed by atoms with Crippen LogP contribution in [0.3, 0.4) is 0 Å². The van der Waals surface area contributed by atoms with Gasteiger partial charge in [-0.25, -0.2) is 0 Å². The first-order valence-corrected chi connectivity index (χ1v) is 13.7. The molecule has 1 fully saturated rings. The van der Waals surface area contributed by atoms with Crippen molar-refractivity contribution in [2.45, 2.75) is 39.7 Å². The number of rotatable bonds is 8. The van der Waals surface area contributed by atoms with E-state index in [0.29, 0.717) is 23.9 Å². The van der Waals surface area contributed by atoms with Crippen LogP contribution in [0.15, 0.2) is 76.1 Å². The fourth-order valence-electron chi connectivity index (χ4n) is 3.89. The van der Waals surface area contributed by atoms with Gasteiger partial charge in [0.05, 0.1) is 11.4 Å². The van der Waals surface area contributed by atoms with Crippen molar-refractivity contribution < 1.29 is 19.1 Å². The summed E-state index contributed by atoms with van der Waals surface area (Å²) in [5, 5.41) is -0.275. The smallest absolute Gasteiger partial charge is 0.293 e. The number of thioether (sulfide) groups is 1. The average molecular weight is 581 g/mol. The van der Waals surface area contributed by atoms with Crippen LogP contribution in [-0.4, -0.2) is 29.3 Å². The van der Waals surface area contributed by atoms with Crippen LogP contribution in [0.5, 0.6) is 11.5 Å². The molecule has 7 heteroatoms. The van der Waals surface area contributed by atoms with Gasteiger partial charge in [0.15, 0.2) is 0 Å². The summed E-state index contributed by atoms with van der Waals surface area (Å²) in [6.45, 7) is 9.47. The van der Waals surface area contributed by atoms with E-state index in [4.69, 9.17) is 9.47 Å². The Hall–Kier alpha value is -3.03. The molecule has 2 amide bonds. The van der Waals surface area contributed by atoms with Crippen molar-refractivity contribution in [2.75, 3.05) is 13.2 Å². The van der Waals surface area contributed by atoms with Crippen LogP contribution in [0.25, 0.3) is 6.08 Å². The lowest BCUT2D eigenvalue weighted by Gasteiger charge is -2.19. The van der Waals surface area contributed by atoms with E-state index >= 15 is 0 Å². The molecule has 4 rings (SSSR count). The van der Waals surface area contributed by atoms with E-state index in [2.05, 4.69) is 48.8 Å². The van der Waals surface area contributed by atoms with Crippen molar-refractivity contribution in [1.29, 1.82) is 0 Å². The summed E-state index contributed by atoms with van der Waals surface area (Å²) in [6.07, 6.45) is 1.72. The van der Waals surface area contributed by atoms with E-state index in [1.165, 1.54) is 10.5 Å². The van der Waals surface area contributed by atoms with Crippen molar-refractivity contribution in [3.05, 3.63) is 98.4 Å². The molecular formula is C30H30BrNO4S. The number of carbonyl (C=O) groups is 2. The Kier molecular flexibility index (Phi) is 8.45. The Morgan fingerprint density at radius 3 is 2.38 bits per heavy atom. The summed E-state index contributed by atoms with van der Waals surface area (Å²) in [6, 6.07) is 21.5. The molecule has 0 unspecified atom stereocenters. The van der Waals surface area contributed by atoms with Gasteiger partial charge in [0.25, 0.3) is 11.1 Å². The second kappa shape index (κ2) is 11.6. The van der Waals surface area contributed by atoms with Crippen molar-refractivity contribution in [3.63, 3.8) is 0 Å². The molecule has 1 heterocycles. The third-order valence-electron chi connectivity index (χ3n) is 5.89. The molecule has 0 aliphatic carbocycles. The predicted molar refractivity (Wildman–Crippen MR) is 153 cm³/mol. The summed E-state index contributed by atoms with van der Waals surface area (Å²) in [5.74, 6) is 1.09. The number of carbonyl (C=O) groups excluding carboxylic acids is 2. The molecule has 37 heavy (non-hydrogen) atoms. The lowest BCUT2D eigenvalue weighted by Crippen LogP contribution is -2.27. The van der Waals surface area contributed by atoms with Crippen LogP contribution in [0.1, 0.15) is 43.0 Å². The molecular weight excluding hydrogens is 550 g/mol. The number of hydrogen-bond donors (Lipinski definition) is 0. The van der Waals surface area contributed by atoms with E-state index in [9.17, 15) is 9.59 Å². The largest absolute Gasteiger partial charge is 0.490 e. The molecule has 0 spiro atoms. The van der Waals surface area contributed by atoms with Gasteiger partial charge in [-0.15, -0.1) is 0 Å². The molecule has 1 saturated heterocycles. The van der Waals surface area contributed by atoms with Gasteiger partial charge in [0.2, 0.25) is 0 Å². The van der Waals surface area contributed by atoms with Gasteiger partial charge in [-0.2, -0.15) is 0 Å². The normalized spacial score (nSPS) is 14.9. The number of nitrogens with zero attached hydrogens (tertiary/aromatic N) is 1. The van der Waals surface area contributed by atoms with E-state index in [-0.39, 0.29) is 23.1 Å². The number of benzene rings is 3. The maximum atomic E-state index is 13.0. The monoisotopic (exact) mass is 579 g/mol. The summed E-state index contributed by atoms with van der Waals surface area (Å²) < 4.78 is 12.7. The highest BCUT2D eigenvalue weighted by molar-refractivity contribution is 9.10. The zero-order valence-corrected chi connectivity index (χ0v) is 23.8. The first-order chi connectivity index (χ1) is 17.6. The van der Waals surface area contributed by atoms with Crippen LogP contribution in [0, 0.1) is 6.92 Å². The van der Waals surface area contributed by atoms with Crippen LogP contribution < -0.4 is 9.47 Å². The molecule has 0 radical (unpaired) electrons. The van der Waals surface area contributed by atoms with Gasteiger partial charge in [-0.05, 0) is 65.6 Å². The Labute approximate surface area is 231 Å². The number of aryl methyl sites for hydroxylation is 1. The first-order valence-electron chi connectivity index (χ1n) is 12.1. The van der Waals surface area contributed by atoms with E-state index in [0.717, 1.165) is 38.7 Å². The molecule has 0 atom stereocenters. The molecule has 0 N–H and O–H groups in total. The summed E-state index contributed by atoms with van der Waals surface area (Å²) in [7, 11) is 0. The van der Waals surface area contributed by atoms with Gasteiger partial charge in [0, 0.05) is 10.0 Å². The molecule has 0 aromatic heterocycles. The Balaban J connectivity index is 1.40. The summed E-state index contributed by atoms with van der Waals surface area (Å²) in [4.78, 5) is 27.3. The fourth-order valence-corrected chi connectivity index (χ4v) is 5.05. The Morgan fingerprint density at radius 2 is 1.68 bits per heavy atom. The molecule has 5 nitrogen and oxygen atoms in total. The number of hydrogen-bond acceptors (Lipinski definition) is 5. The molecule has 1 aliphatic rings. The van der Waals surface area contributed by atoms with Crippen molar-refractivity contribution in [3.8, 4) is 11.5 Å². The van der Waals surface area contributed by atoms with Crippen LogP contribution in [-0.2, 0) is 16.8 Å². The lowest BCUT2D eigenvalue weighted by molar-refractivity contribution is -0.123. The summed E-state index contributed by atoms with van der Waals surface area (Å²) >= 11 is 4.43. The topological polar surface area (TPSA) is 55.8 Å². The molecule has 3 aromatic carbocycles. The third-order valence-corrected chi connectivity index (χ3v) is 7.29. The van der Waals surface area contributed by atoms with Crippen LogP contribution >= 0.6 is 27.7 Å². The second-order valence-corrected chi connectivity index (χ2v) is 11.8. The lowest BCUT2D eigenvalue weighted by atomic mass is 9.87. The first kappa shape index (κ1) is 27.0. The van der Waals surface area contributed by atoms with Gasteiger partial charge >= 0.3 is 0 Å². The standard InChI is InChI=1S/C30H30BrNO4S/c1-20-6-5-7-21(16-20)19-32-28(33)27(37-29(32)34)17-22-8-11-24(31)18-26(22)36-15-14-35-25-12-9-23(10-13-25)30(2,3)4/h5-13,16-18H,14-15,19H2,1-4H3/b27-17-. The highest BCUT2D eigenvalue weighted by atomic mass is 79.9. The Morgan fingerprint density at radius 1 is 0.946 bits per heavy atom. The number of ether oxygens (including phenoxy) is 2. The van der Waals surface area contributed by atoms with Crippen molar-refractivity contribution in [2.24, 2.45) is 0 Å². The van der Waals surface area contributed by atoms with E-state index in [1.54, 1.807) is 6.08 Å². The van der Waals surface area contributed by atoms with Crippen molar-refractivity contribution in [1.82, 2.24) is 4.90 Å². The van der Waals surface area contributed by atoms with Gasteiger partial charge in [0.1, 0.15) is 24.7 Å². The highest BCUT2D eigenvalue weighted by Gasteiger charge is 2.35. The zero-order valence-electron chi connectivity index (χ0n) is 21.4. The Bertz CT molecular complexity index is 1330. The maximum Gasteiger partial charge on any atom is 0.293 e. The minimum Gasteiger partial charge on any atom is -0.490 e. The fraction of sp³-hybridized carbons (Fsp3) is 0.267. The maximum absolute atomic E-state index is 13.0. The van der Waals surface area contributed by atoms with Gasteiger partial charge < -0.3 is 9.47 Å². The quantitative estimate of drug-likeness (QED) is 0.202. The molecule has 192 valence electrons. The average Bonchev–Trinajstić information content (AvgIpc) is 3.10. The van der Waals surface area contributed by atoms with Crippen LogP contribution in [0.4, 0.5) is 4.79 Å². The zero-order chi connectivity index (χ0) is 26.6. The molecule has 3 aromatic rings. The number of amides is 2. The van der Waals surface area contributed by atoms with Crippen molar-refractivity contribution >= 4 is 44.9 Å². The molecule has 1 aliphatic heterocycles. The number of halogens is 1.